The highest BCUT2D eigenvalue weighted by molar-refractivity contribution is 8.00. The molecule has 1 aliphatic rings. The van der Waals surface area contributed by atoms with Gasteiger partial charge in [-0.15, -0.1) is 11.8 Å². The Balaban J connectivity index is 1.67. The van der Waals surface area contributed by atoms with Gasteiger partial charge in [-0.25, -0.2) is 9.18 Å². The molecule has 4 rings (SSSR count). The molecule has 2 N–H and O–H groups in total. The average Bonchev–Trinajstić information content (AvgIpc) is 2.76. The second-order valence-electron chi connectivity index (χ2n) is 7.67. The molecule has 0 radical (unpaired) electrons. The van der Waals surface area contributed by atoms with E-state index in [1.165, 1.54) is 28.8 Å². The first-order chi connectivity index (χ1) is 15.6. The lowest BCUT2D eigenvalue weighted by molar-refractivity contribution is -0.138. The van der Waals surface area contributed by atoms with E-state index in [1.54, 1.807) is 30.3 Å². The van der Waals surface area contributed by atoms with Crippen LogP contribution in [0.3, 0.4) is 0 Å². The number of alkyl halides is 3. The highest BCUT2D eigenvalue weighted by Crippen LogP contribution is 2.43. The summed E-state index contributed by atoms with van der Waals surface area (Å²) >= 11 is 1.39. The standard InChI is InChI=1S/C24H19F4NO3S/c25-17-9-10-18(24(26,27)28)16(12-17)13-29-19-3-1-2-4-20(19)33-21(22(29)30)11-14-5-7-15(8-6-14)23(31)32/h1-10,12,21-22,30H,11,13H2,(H,31,32). The Bertz CT molecular complexity index is 1170. The molecule has 0 aliphatic carbocycles. The van der Waals surface area contributed by atoms with Crippen LogP contribution in [0.15, 0.2) is 71.6 Å². The van der Waals surface area contributed by atoms with Gasteiger partial charge >= 0.3 is 12.1 Å². The second kappa shape index (κ2) is 9.07. The minimum Gasteiger partial charge on any atom is -0.478 e. The number of anilines is 1. The Morgan fingerprint density at radius 3 is 2.39 bits per heavy atom. The van der Waals surface area contributed by atoms with Gasteiger partial charge in [-0.05, 0) is 60.0 Å². The van der Waals surface area contributed by atoms with E-state index in [9.17, 15) is 27.5 Å². The summed E-state index contributed by atoms with van der Waals surface area (Å²) in [6.07, 6.45) is -5.47. The van der Waals surface area contributed by atoms with Crippen molar-refractivity contribution < 1.29 is 32.6 Å². The zero-order valence-corrected chi connectivity index (χ0v) is 17.9. The number of rotatable bonds is 5. The van der Waals surface area contributed by atoms with Gasteiger partial charge in [0.25, 0.3) is 0 Å². The van der Waals surface area contributed by atoms with Crippen LogP contribution < -0.4 is 4.90 Å². The van der Waals surface area contributed by atoms with Crippen molar-refractivity contribution in [1.82, 2.24) is 0 Å². The molecule has 9 heteroatoms. The molecule has 1 aliphatic heterocycles. The maximum absolute atomic E-state index is 13.8. The number of fused-ring (bicyclic) bond motifs is 1. The van der Waals surface area contributed by atoms with E-state index in [0.29, 0.717) is 18.2 Å². The number of carboxylic acid groups (broad SMARTS) is 1. The molecule has 1 heterocycles. The number of hydrogen-bond acceptors (Lipinski definition) is 4. The van der Waals surface area contributed by atoms with Gasteiger partial charge in [-0.2, -0.15) is 13.2 Å². The highest BCUT2D eigenvalue weighted by atomic mass is 32.2. The maximum atomic E-state index is 13.8. The number of hydrogen-bond donors (Lipinski definition) is 2. The number of thioether (sulfide) groups is 1. The SMILES string of the molecule is O=C(O)c1ccc(CC2Sc3ccccc3N(Cc3cc(F)ccc3C(F)(F)F)C2O)cc1. The monoisotopic (exact) mass is 477 g/mol. The first-order valence-electron chi connectivity index (χ1n) is 10.0. The van der Waals surface area contributed by atoms with Crippen LogP contribution in [-0.2, 0) is 19.1 Å². The van der Waals surface area contributed by atoms with Crippen LogP contribution in [0.2, 0.25) is 0 Å². The van der Waals surface area contributed by atoms with Crippen molar-refractivity contribution >= 4 is 23.4 Å². The molecule has 0 spiro atoms. The largest absolute Gasteiger partial charge is 0.478 e. The summed E-state index contributed by atoms with van der Waals surface area (Å²) in [5.74, 6) is -1.84. The Labute approximate surface area is 191 Å². The van der Waals surface area contributed by atoms with Crippen LogP contribution in [0.5, 0.6) is 0 Å². The normalized spacial score (nSPS) is 18.2. The smallest absolute Gasteiger partial charge is 0.416 e. The Kier molecular flexibility index (Phi) is 6.36. The van der Waals surface area contributed by atoms with Crippen molar-refractivity contribution in [2.45, 2.75) is 35.5 Å². The molecule has 0 aromatic heterocycles. The molecule has 33 heavy (non-hydrogen) atoms. The zero-order chi connectivity index (χ0) is 23.8. The van der Waals surface area contributed by atoms with Crippen molar-refractivity contribution in [3.05, 3.63) is 94.8 Å². The van der Waals surface area contributed by atoms with Crippen molar-refractivity contribution in [2.75, 3.05) is 4.90 Å². The molecular weight excluding hydrogens is 458 g/mol. The molecule has 0 bridgehead atoms. The summed E-state index contributed by atoms with van der Waals surface area (Å²) in [4.78, 5) is 13.3. The molecular formula is C24H19F4NO3S. The fraction of sp³-hybridized carbons (Fsp3) is 0.208. The van der Waals surface area contributed by atoms with Crippen LogP contribution in [0, 0.1) is 5.82 Å². The third-order valence-electron chi connectivity index (χ3n) is 5.46. The van der Waals surface area contributed by atoms with Crippen LogP contribution in [0.1, 0.15) is 27.0 Å². The van der Waals surface area contributed by atoms with E-state index in [0.717, 1.165) is 22.6 Å². The summed E-state index contributed by atoms with van der Waals surface area (Å²) < 4.78 is 54.4. The van der Waals surface area contributed by atoms with Gasteiger partial charge in [0, 0.05) is 11.4 Å². The first kappa shape index (κ1) is 23.1. The molecule has 3 aromatic rings. The third-order valence-corrected chi connectivity index (χ3v) is 6.77. The zero-order valence-electron chi connectivity index (χ0n) is 17.1. The van der Waals surface area contributed by atoms with E-state index in [2.05, 4.69) is 0 Å². The fourth-order valence-corrected chi connectivity index (χ4v) is 5.19. The van der Waals surface area contributed by atoms with Gasteiger partial charge in [0.05, 0.1) is 22.1 Å². The first-order valence-corrected chi connectivity index (χ1v) is 10.9. The van der Waals surface area contributed by atoms with E-state index >= 15 is 0 Å². The lowest BCUT2D eigenvalue weighted by Crippen LogP contribution is -2.46. The maximum Gasteiger partial charge on any atom is 0.416 e. The Morgan fingerprint density at radius 1 is 1.03 bits per heavy atom. The lowest BCUT2D eigenvalue weighted by Gasteiger charge is -2.40. The third kappa shape index (κ3) is 4.99. The molecule has 2 unspecified atom stereocenters. The molecule has 0 saturated heterocycles. The van der Waals surface area contributed by atoms with Gasteiger partial charge in [0.15, 0.2) is 0 Å². The predicted octanol–water partition coefficient (Wildman–Crippen LogP) is 5.58. The summed E-state index contributed by atoms with van der Waals surface area (Å²) in [6.45, 7) is -0.334. The van der Waals surface area contributed by atoms with Crippen molar-refractivity contribution in [2.24, 2.45) is 0 Å². The van der Waals surface area contributed by atoms with Gasteiger partial charge in [-0.1, -0.05) is 24.3 Å². The molecule has 4 nitrogen and oxygen atoms in total. The van der Waals surface area contributed by atoms with Crippen LogP contribution in [-0.4, -0.2) is 27.7 Å². The Morgan fingerprint density at radius 2 is 1.73 bits per heavy atom. The van der Waals surface area contributed by atoms with E-state index < -0.39 is 35.0 Å². The fourth-order valence-electron chi connectivity index (χ4n) is 3.86. The van der Waals surface area contributed by atoms with Crippen LogP contribution in [0.25, 0.3) is 0 Å². The summed E-state index contributed by atoms with van der Waals surface area (Å²) in [6, 6.07) is 15.6. The average molecular weight is 477 g/mol. The number of para-hydroxylation sites is 1. The number of carbonyl (C=O) groups is 1. The topological polar surface area (TPSA) is 60.8 Å². The molecule has 0 saturated carbocycles. The minimum absolute atomic E-state index is 0.133. The molecule has 0 fully saturated rings. The minimum atomic E-state index is -4.66. The van der Waals surface area contributed by atoms with Gasteiger partial charge in [0.1, 0.15) is 12.0 Å². The van der Waals surface area contributed by atoms with Crippen molar-refractivity contribution in [3.63, 3.8) is 0 Å². The second-order valence-corrected chi connectivity index (χ2v) is 8.95. The molecule has 2 atom stereocenters. The summed E-state index contributed by atoms with van der Waals surface area (Å²) in [7, 11) is 0. The molecule has 0 amide bonds. The number of aromatic carboxylic acids is 1. The quantitative estimate of drug-likeness (QED) is 0.470. The number of nitrogens with zero attached hydrogens (tertiary/aromatic N) is 1. The Hall–Kier alpha value is -3.04. The number of carboxylic acids is 1. The van der Waals surface area contributed by atoms with Crippen LogP contribution in [0.4, 0.5) is 23.2 Å². The van der Waals surface area contributed by atoms with Crippen LogP contribution >= 0.6 is 11.8 Å². The van der Waals surface area contributed by atoms with Gasteiger partial charge in [-0.3, -0.25) is 0 Å². The van der Waals surface area contributed by atoms with E-state index in [4.69, 9.17) is 5.11 Å². The number of benzene rings is 3. The van der Waals surface area contributed by atoms with Gasteiger partial charge < -0.3 is 15.1 Å². The van der Waals surface area contributed by atoms with E-state index in [-0.39, 0.29) is 17.7 Å². The lowest BCUT2D eigenvalue weighted by atomic mass is 10.0. The van der Waals surface area contributed by atoms with E-state index in [1.807, 2.05) is 6.07 Å². The predicted molar refractivity (Wildman–Crippen MR) is 117 cm³/mol. The summed E-state index contributed by atoms with van der Waals surface area (Å²) in [5.41, 5.74) is 0.247. The highest BCUT2D eigenvalue weighted by Gasteiger charge is 2.37. The summed E-state index contributed by atoms with van der Waals surface area (Å²) in [5, 5.41) is 19.8. The molecule has 3 aromatic carbocycles. The van der Waals surface area contributed by atoms with Crippen molar-refractivity contribution in [3.8, 4) is 0 Å². The number of halogens is 4. The molecule has 172 valence electrons. The van der Waals surface area contributed by atoms with Crippen molar-refractivity contribution in [1.29, 1.82) is 0 Å². The van der Waals surface area contributed by atoms with Gasteiger partial charge in [0.2, 0.25) is 0 Å². The number of aliphatic hydroxyl groups is 1. The number of aliphatic hydroxyl groups excluding tert-OH is 1.